The fourth-order valence-corrected chi connectivity index (χ4v) is 3.68. The van der Waals surface area contributed by atoms with Crippen molar-refractivity contribution in [2.45, 2.75) is 40.0 Å². The molecule has 0 aliphatic rings. The van der Waals surface area contributed by atoms with Crippen LogP contribution in [0.4, 0.5) is 0 Å². The van der Waals surface area contributed by atoms with Gasteiger partial charge in [-0.25, -0.2) is 9.97 Å². The predicted molar refractivity (Wildman–Crippen MR) is 112 cm³/mol. The Morgan fingerprint density at radius 2 is 1.86 bits per heavy atom. The van der Waals surface area contributed by atoms with E-state index in [1.54, 1.807) is 25.2 Å². The molecule has 0 saturated heterocycles. The number of rotatable bonds is 7. The summed E-state index contributed by atoms with van der Waals surface area (Å²) in [5.41, 5.74) is 4.36. The first-order valence-corrected chi connectivity index (χ1v) is 10.1. The Hall–Kier alpha value is -2.80. The van der Waals surface area contributed by atoms with E-state index < -0.39 is 0 Å². The second kappa shape index (κ2) is 8.93. The van der Waals surface area contributed by atoms with Crippen LogP contribution in [0.2, 0.25) is 0 Å². The second-order valence-electron chi connectivity index (χ2n) is 6.76. The number of nitrogens with one attached hydrogen (secondary N) is 2. The van der Waals surface area contributed by atoms with Crippen LogP contribution < -0.4 is 10.9 Å². The third-order valence-electron chi connectivity index (χ3n) is 4.55. The molecule has 0 saturated carbocycles. The molecule has 28 heavy (non-hydrogen) atoms. The van der Waals surface area contributed by atoms with Crippen molar-refractivity contribution < 1.29 is 4.79 Å². The summed E-state index contributed by atoms with van der Waals surface area (Å²) in [6.45, 7) is 6.11. The number of nitrogens with zero attached hydrogens (tertiary/aromatic N) is 2. The third-order valence-corrected chi connectivity index (χ3v) is 5.32. The lowest BCUT2D eigenvalue weighted by molar-refractivity contribution is -0.121. The van der Waals surface area contributed by atoms with Gasteiger partial charge in [-0.1, -0.05) is 24.3 Å². The molecule has 2 heterocycles. The Balaban J connectivity index is 1.46. The maximum Gasteiger partial charge on any atom is 0.254 e. The molecule has 3 rings (SSSR count). The number of H-pyrrole nitrogens is 1. The monoisotopic (exact) mass is 396 g/mol. The number of hydrogen-bond acceptors (Lipinski definition) is 5. The van der Waals surface area contributed by atoms with Crippen molar-refractivity contribution in [3.05, 3.63) is 67.7 Å². The minimum Gasteiger partial charge on any atom is -0.356 e. The van der Waals surface area contributed by atoms with Gasteiger partial charge in [0, 0.05) is 35.2 Å². The van der Waals surface area contributed by atoms with Crippen molar-refractivity contribution in [1.82, 2.24) is 20.3 Å². The summed E-state index contributed by atoms with van der Waals surface area (Å²) < 4.78 is 0. The van der Waals surface area contributed by atoms with Gasteiger partial charge in [0.1, 0.15) is 5.82 Å². The number of aryl methyl sites for hydroxylation is 3. The highest BCUT2D eigenvalue weighted by Crippen LogP contribution is 2.21. The van der Waals surface area contributed by atoms with Crippen LogP contribution in [0.15, 0.2) is 34.4 Å². The van der Waals surface area contributed by atoms with Gasteiger partial charge in [-0.3, -0.25) is 9.59 Å². The lowest BCUT2D eigenvalue weighted by Crippen LogP contribution is -2.27. The van der Waals surface area contributed by atoms with Crippen LogP contribution in [0.25, 0.3) is 11.3 Å². The van der Waals surface area contributed by atoms with Gasteiger partial charge in [-0.05, 0) is 39.2 Å². The van der Waals surface area contributed by atoms with E-state index >= 15 is 0 Å². The molecule has 0 atom stereocenters. The van der Waals surface area contributed by atoms with Crippen LogP contribution in [-0.4, -0.2) is 27.4 Å². The minimum atomic E-state index is -0.159. The molecule has 7 heteroatoms. The van der Waals surface area contributed by atoms with Crippen LogP contribution in [0.5, 0.6) is 0 Å². The Kier molecular flexibility index (Phi) is 6.36. The molecular weight excluding hydrogens is 372 g/mol. The number of aromatic nitrogens is 3. The zero-order valence-corrected chi connectivity index (χ0v) is 17.2. The van der Waals surface area contributed by atoms with Crippen LogP contribution in [0.3, 0.4) is 0 Å². The molecule has 0 unspecified atom stereocenters. The van der Waals surface area contributed by atoms with E-state index in [1.165, 1.54) is 0 Å². The third kappa shape index (κ3) is 5.13. The Morgan fingerprint density at radius 1 is 1.11 bits per heavy atom. The molecule has 2 aromatic heterocycles. The van der Waals surface area contributed by atoms with Gasteiger partial charge in [0.05, 0.1) is 10.7 Å². The normalized spacial score (nSPS) is 10.8. The molecule has 6 nitrogen and oxygen atoms in total. The maximum atomic E-state index is 12.1. The lowest BCUT2D eigenvalue weighted by atomic mass is 10.1. The molecule has 0 aliphatic heterocycles. The van der Waals surface area contributed by atoms with E-state index in [9.17, 15) is 9.59 Å². The average Bonchev–Trinajstić information content (AvgIpc) is 3.08. The second-order valence-corrected chi connectivity index (χ2v) is 7.83. The van der Waals surface area contributed by atoms with Crippen molar-refractivity contribution in [1.29, 1.82) is 0 Å². The number of hydrogen-bond donors (Lipinski definition) is 2. The quantitative estimate of drug-likeness (QED) is 0.642. The standard InChI is InChI=1S/C21H24N4O2S/c1-13-18(21(27)24-14(2)23-13)8-9-20(26)22-11-10-16-4-6-17(7-5-16)19-12-28-15(3)25-19/h4-7,12H,8-11H2,1-3H3,(H,22,26)(H,23,24,27). The lowest BCUT2D eigenvalue weighted by Gasteiger charge is -2.07. The number of carbonyl (C=O) groups is 1. The van der Waals surface area contributed by atoms with E-state index in [0.717, 1.165) is 28.2 Å². The van der Waals surface area contributed by atoms with Crippen LogP contribution in [0.1, 0.15) is 34.1 Å². The topological polar surface area (TPSA) is 87.7 Å². The summed E-state index contributed by atoms with van der Waals surface area (Å²) in [5, 5.41) is 6.03. The Bertz CT molecular complexity index is 1020. The molecule has 1 aromatic carbocycles. The summed E-state index contributed by atoms with van der Waals surface area (Å²) in [4.78, 5) is 35.5. The molecule has 0 radical (unpaired) electrons. The Morgan fingerprint density at radius 3 is 2.50 bits per heavy atom. The number of carbonyl (C=O) groups excluding carboxylic acids is 1. The van der Waals surface area contributed by atoms with Gasteiger partial charge < -0.3 is 10.3 Å². The summed E-state index contributed by atoms with van der Waals surface area (Å²) in [6, 6.07) is 8.25. The Labute approximate surface area is 168 Å². The first-order chi connectivity index (χ1) is 13.4. The molecule has 1 amide bonds. The molecule has 0 spiro atoms. The number of benzene rings is 1. The fourth-order valence-electron chi connectivity index (χ4n) is 3.06. The minimum absolute atomic E-state index is 0.0612. The van der Waals surface area contributed by atoms with Crippen LogP contribution in [0, 0.1) is 20.8 Å². The van der Waals surface area contributed by atoms with E-state index in [4.69, 9.17) is 0 Å². The number of amides is 1. The van der Waals surface area contributed by atoms with E-state index in [-0.39, 0.29) is 17.9 Å². The van der Waals surface area contributed by atoms with Crippen molar-refractivity contribution in [3.8, 4) is 11.3 Å². The fraction of sp³-hybridized carbons (Fsp3) is 0.333. The van der Waals surface area contributed by atoms with Gasteiger partial charge in [-0.2, -0.15) is 0 Å². The van der Waals surface area contributed by atoms with Gasteiger partial charge in [-0.15, -0.1) is 11.3 Å². The zero-order chi connectivity index (χ0) is 20.1. The van der Waals surface area contributed by atoms with Crippen molar-refractivity contribution in [2.24, 2.45) is 0 Å². The highest BCUT2D eigenvalue weighted by Gasteiger charge is 2.09. The van der Waals surface area contributed by atoms with Gasteiger partial charge in [0.15, 0.2) is 0 Å². The molecular formula is C21H24N4O2S. The van der Waals surface area contributed by atoms with E-state index in [1.807, 2.05) is 6.92 Å². The summed E-state index contributed by atoms with van der Waals surface area (Å²) >= 11 is 1.64. The van der Waals surface area contributed by atoms with Crippen LogP contribution in [-0.2, 0) is 17.6 Å². The SMILES string of the molecule is Cc1nc(C)c(CCC(=O)NCCc2ccc(-c3csc(C)n3)cc2)c(=O)[nH]1. The van der Waals surface area contributed by atoms with Crippen molar-refractivity contribution >= 4 is 17.2 Å². The summed E-state index contributed by atoms with van der Waals surface area (Å²) in [5.74, 6) is 0.528. The molecule has 0 aliphatic carbocycles. The van der Waals surface area contributed by atoms with E-state index in [2.05, 4.69) is 49.9 Å². The first kappa shape index (κ1) is 19.9. The first-order valence-electron chi connectivity index (χ1n) is 9.27. The van der Waals surface area contributed by atoms with E-state index in [0.29, 0.717) is 30.0 Å². The number of aromatic amines is 1. The van der Waals surface area contributed by atoms with Crippen LogP contribution >= 0.6 is 11.3 Å². The van der Waals surface area contributed by atoms with Gasteiger partial charge in [0.25, 0.3) is 5.56 Å². The highest BCUT2D eigenvalue weighted by atomic mass is 32.1. The smallest absolute Gasteiger partial charge is 0.254 e. The van der Waals surface area contributed by atoms with Crippen molar-refractivity contribution in [2.75, 3.05) is 6.54 Å². The average molecular weight is 397 g/mol. The molecule has 146 valence electrons. The molecule has 0 fully saturated rings. The van der Waals surface area contributed by atoms with Gasteiger partial charge >= 0.3 is 0 Å². The maximum absolute atomic E-state index is 12.1. The number of thiazole rings is 1. The van der Waals surface area contributed by atoms with Gasteiger partial charge in [0.2, 0.25) is 5.91 Å². The zero-order valence-electron chi connectivity index (χ0n) is 16.3. The summed E-state index contributed by atoms with van der Waals surface area (Å²) in [6.07, 6.45) is 1.42. The summed E-state index contributed by atoms with van der Waals surface area (Å²) in [7, 11) is 0. The largest absolute Gasteiger partial charge is 0.356 e. The van der Waals surface area contributed by atoms with Crippen molar-refractivity contribution in [3.63, 3.8) is 0 Å². The molecule has 2 N–H and O–H groups in total. The molecule has 3 aromatic rings. The molecule has 0 bridgehead atoms. The predicted octanol–water partition coefficient (Wildman–Crippen LogP) is 3.11. The highest BCUT2D eigenvalue weighted by molar-refractivity contribution is 7.09.